The van der Waals surface area contributed by atoms with Crippen LogP contribution in [0, 0.1) is 0 Å². The fourth-order valence-corrected chi connectivity index (χ4v) is 3.21. The summed E-state index contributed by atoms with van der Waals surface area (Å²) in [5.41, 5.74) is 0. The van der Waals surface area contributed by atoms with Crippen molar-refractivity contribution in [3.63, 3.8) is 0 Å². The maximum absolute atomic E-state index is 6.25. The third-order valence-electron chi connectivity index (χ3n) is 4.26. The second-order valence-electron chi connectivity index (χ2n) is 5.80. The molecule has 0 amide bonds. The number of ether oxygens (including phenoxy) is 3. The first-order valence-electron chi connectivity index (χ1n) is 8.09. The van der Waals surface area contributed by atoms with Gasteiger partial charge in [-0.15, -0.1) is 0 Å². The second-order valence-corrected chi connectivity index (χ2v) is 5.80. The van der Waals surface area contributed by atoms with Gasteiger partial charge >= 0.3 is 0 Å². The SMILES string of the molecule is CCOc1ccccc1OC1CCCC1NC1CCOC1. The van der Waals surface area contributed by atoms with Crippen molar-refractivity contribution in [2.24, 2.45) is 0 Å². The molecule has 3 rings (SSSR count). The third kappa shape index (κ3) is 3.69. The van der Waals surface area contributed by atoms with E-state index in [9.17, 15) is 0 Å². The maximum atomic E-state index is 6.25. The number of rotatable bonds is 6. The molecule has 0 bridgehead atoms. The van der Waals surface area contributed by atoms with E-state index in [4.69, 9.17) is 14.2 Å². The minimum atomic E-state index is 0.229. The van der Waals surface area contributed by atoms with E-state index in [-0.39, 0.29) is 6.10 Å². The van der Waals surface area contributed by atoms with E-state index in [0.29, 0.717) is 18.7 Å². The van der Waals surface area contributed by atoms with Gasteiger partial charge in [0.05, 0.1) is 13.2 Å². The molecule has 1 aliphatic heterocycles. The van der Waals surface area contributed by atoms with Crippen LogP contribution in [0.25, 0.3) is 0 Å². The molecule has 2 fully saturated rings. The van der Waals surface area contributed by atoms with E-state index in [0.717, 1.165) is 37.6 Å². The Labute approximate surface area is 126 Å². The zero-order chi connectivity index (χ0) is 14.5. The smallest absolute Gasteiger partial charge is 0.161 e. The Morgan fingerprint density at radius 1 is 1.19 bits per heavy atom. The first-order valence-corrected chi connectivity index (χ1v) is 8.09. The minimum Gasteiger partial charge on any atom is -0.490 e. The Bertz CT molecular complexity index is 445. The van der Waals surface area contributed by atoms with Gasteiger partial charge in [0.1, 0.15) is 6.10 Å². The normalized spacial score (nSPS) is 28.7. The van der Waals surface area contributed by atoms with Crippen LogP contribution in [0.3, 0.4) is 0 Å². The van der Waals surface area contributed by atoms with Gasteiger partial charge in [0.25, 0.3) is 0 Å². The van der Waals surface area contributed by atoms with Gasteiger partial charge in [-0.3, -0.25) is 0 Å². The lowest BCUT2D eigenvalue weighted by Crippen LogP contribution is -2.45. The lowest BCUT2D eigenvalue weighted by Gasteiger charge is -2.25. The van der Waals surface area contributed by atoms with E-state index in [1.807, 2.05) is 31.2 Å². The van der Waals surface area contributed by atoms with Crippen LogP contribution in [0.4, 0.5) is 0 Å². The third-order valence-corrected chi connectivity index (χ3v) is 4.26. The van der Waals surface area contributed by atoms with Crippen LogP contribution in [-0.2, 0) is 4.74 Å². The molecule has 1 saturated carbocycles. The molecule has 3 atom stereocenters. The highest BCUT2D eigenvalue weighted by Crippen LogP contribution is 2.32. The Morgan fingerprint density at radius 2 is 2.05 bits per heavy atom. The van der Waals surface area contributed by atoms with Crippen molar-refractivity contribution in [2.45, 2.75) is 50.8 Å². The quantitative estimate of drug-likeness (QED) is 0.875. The van der Waals surface area contributed by atoms with Gasteiger partial charge in [-0.1, -0.05) is 12.1 Å². The Kier molecular flexibility index (Phi) is 4.99. The Hall–Kier alpha value is -1.26. The van der Waals surface area contributed by atoms with Gasteiger partial charge in [0.15, 0.2) is 11.5 Å². The molecule has 116 valence electrons. The summed E-state index contributed by atoms with van der Waals surface area (Å²) < 4.78 is 17.4. The van der Waals surface area contributed by atoms with E-state index >= 15 is 0 Å². The van der Waals surface area contributed by atoms with Gasteiger partial charge in [-0.25, -0.2) is 0 Å². The van der Waals surface area contributed by atoms with Crippen LogP contribution in [0.15, 0.2) is 24.3 Å². The van der Waals surface area contributed by atoms with Crippen molar-refractivity contribution in [2.75, 3.05) is 19.8 Å². The second kappa shape index (κ2) is 7.14. The summed E-state index contributed by atoms with van der Waals surface area (Å²) in [7, 11) is 0. The largest absolute Gasteiger partial charge is 0.490 e. The van der Waals surface area contributed by atoms with Crippen LogP contribution < -0.4 is 14.8 Å². The minimum absolute atomic E-state index is 0.229. The van der Waals surface area contributed by atoms with E-state index < -0.39 is 0 Å². The van der Waals surface area contributed by atoms with Crippen LogP contribution in [-0.4, -0.2) is 38.0 Å². The van der Waals surface area contributed by atoms with Crippen molar-refractivity contribution in [1.29, 1.82) is 0 Å². The first-order chi connectivity index (χ1) is 10.4. The van der Waals surface area contributed by atoms with Crippen molar-refractivity contribution < 1.29 is 14.2 Å². The lowest BCUT2D eigenvalue weighted by atomic mass is 10.1. The standard InChI is InChI=1S/C17H25NO3/c1-2-20-16-7-3-4-8-17(16)21-15-9-5-6-14(15)18-13-10-11-19-12-13/h3-4,7-8,13-15,18H,2,5-6,9-12H2,1H3. The molecule has 0 aromatic heterocycles. The monoisotopic (exact) mass is 291 g/mol. The molecule has 1 heterocycles. The van der Waals surface area contributed by atoms with Crippen molar-refractivity contribution in [1.82, 2.24) is 5.32 Å². The number of benzene rings is 1. The number of hydrogen-bond acceptors (Lipinski definition) is 4. The van der Waals surface area contributed by atoms with Gasteiger partial charge in [-0.05, 0) is 44.7 Å². The molecule has 1 N–H and O–H groups in total. The topological polar surface area (TPSA) is 39.7 Å². The summed E-state index contributed by atoms with van der Waals surface area (Å²) in [4.78, 5) is 0. The molecule has 4 heteroatoms. The number of para-hydroxylation sites is 2. The maximum Gasteiger partial charge on any atom is 0.161 e. The first kappa shape index (κ1) is 14.7. The van der Waals surface area contributed by atoms with Crippen LogP contribution >= 0.6 is 0 Å². The van der Waals surface area contributed by atoms with Gasteiger partial charge in [0, 0.05) is 18.7 Å². The van der Waals surface area contributed by atoms with E-state index in [2.05, 4.69) is 5.32 Å². The predicted molar refractivity (Wildman–Crippen MR) is 82.0 cm³/mol. The summed E-state index contributed by atoms with van der Waals surface area (Å²) >= 11 is 0. The van der Waals surface area contributed by atoms with Crippen LogP contribution in [0.2, 0.25) is 0 Å². The average Bonchev–Trinajstić information content (AvgIpc) is 3.15. The highest BCUT2D eigenvalue weighted by Gasteiger charge is 2.32. The Morgan fingerprint density at radius 3 is 2.81 bits per heavy atom. The van der Waals surface area contributed by atoms with Crippen LogP contribution in [0.1, 0.15) is 32.6 Å². The summed E-state index contributed by atoms with van der Waals surface area (Å²) in [6, 6.07) is 8.87. The average molecular weight is 291 g/mol. The summed E-state index contributed by atoms with van der Waals surface area (Å²) in [6.45, 7) is 4.37. The molecule has 3 unspecified atom stereocenters. The molecular formula is C17H25NO3. The highest BCUT2D eigenvalue weighted by atomic mass is 16.5. The molecule has 1 saturated heterocycles. The molecule has 0 radical (unpaired) electrons. The van der Waals surface area contributed by atoms with E-state index in [1.165, 1.54) is 12.8 Å². The molecule has 0 spiro atoms. The number of hydrogen-bond donors (Lipinski definition) is 1. The van der Waals surface area contributed by atoms with Gasteiger partial charge < -0.3 is 19.5 Å². The van der Waals surface area contributed by atoms with Crippen molar-refractivity contribution >= 4 is 0 Å². The molecule has 1 aliphatic carbocycles. The zero-order valence-corrected chi connectivity index (χ0v) is 12.7. The predicted octanol–water partition coefficient (Wildman–Crippen LogP) is 2.76. The van der Waals surface area contributed by atoms with Gasteiger partial charge in [0.2, 0.25) is 0 Å². The molecular weight excluding hydrogens is 266 g/mol. The Balaban J connectivity index is 1.62. The summed E-state index contributed by atoms with van der Waals surface area (Å²) in [5, 5.41) is 3.71. The van der Waals surface area contributed by atoms with E-state index in [1.54, 1.807) is 0 Å². The molecule has 4 nitrogen and oxygen atoms in total. The molecule has 1 aromatic rings. The summed E-state index contributed by atoms with van der Waals surface area (Å²) in [6.07, 6.45) is 4.84. The number of nitrogens with one attached hydrogen (secondary N) is 1. The van der Waals surface area contributed by atoms with Crippen LogP contribution in [0.5, 0.6) is 11.5 Å². The fraction of sp³-hybridized carbons (Fsp3) is 0.647. The zero-order valence-electron chi connectivity index (χ0n) is 12.7. The van der Waals surface area contributed by atoms with Crippen molar-refractivity contribution in [3.05, 3.63) is 24.3 Å². The highest BCUT2D eigenvalue weighted by molar-refractivity contribution is 5.39. The molecule has 1 aromatic carbocycles. The van der Waals surface area contributed by atoms with Gasteiger partial charge in [-0.2, -0.15) is 0 Å². The molecule has 21 heavy (non-hydrogen) atoms. The fourth-order valence-electron chi connectivity index (χ4n) is 3.21. The summed E-state index contributed by atoms with van der Waals surface area (Å²) in [5.74, 6) is 1.70. The van der Waals surface area contributed by atoms with Crippen molar-refractivity contribution in [3.8, 4) is 11.5 Å². The lowest BCUT2D eigenvalue weighted by molar-refractivity contribution is 0.151. The molecule has 2 aliphatic rings.